The molecule has 0 aliphatic carbocycles. The molecule has 0 aromatic carbocycles. The minimum absolute atomic E-state index is 0.0511. The fraction of sp³-hybridized carbons (Fsp3) is 0.571. The summed E-state index contributed by atoms with van der Waals surface area (Å²) in [7, 11) is 0. The third kappa shape index (κ3) is 2.97. The van der Waals surface area contributed by atoms with E-state index in [1.54, 1.807) is 17.5 Å². The Bertz CT molecular complexity index is 599. The SMILES string of the molecule is CC(C)c1nc(C(=O)N2CCC(n3ccnn3)CC2)cs1. The van der Waals surface area contributed by atoms with E-state index in [0.717, 1.165) is 30.9 Å². The summed E-state index contributed by atoms with van der Waals surface area (Å²) < 4.78 is 1.89. The van der Waals surface area contributed by atoms with Crippen molar-refractivity contribution in [3.63, 3.8) is 0 Å². The highest BCUT2D eigenvalue weighted by molar-refractivity contribution is 7.09. The highest BCUT2D eigenvalue weighted by atomic mass is 32.1. The molecule has 7 heteroatoms. The molecule has 1 aliphatic heterocycles. The molecule has 0 saturated carbocycles. The first kappa shape index (κ1) is 14.2. The van der Waals surface area contributed by atoms with E-state index in [9.17, 15) is 4.79 Å². The number of amides is 1. The van der Waals surface area contributed by atoms with Crippen LogP contribution in [0, 0.1) is 0 Å². The van der Waals surface area contributed by atoms with Crippen molar-refractivity contribution in [2.45, 2.75) is 38.6 Å². The van der Waals surface area contributed by atoms with E-state index in [1.165, 1.54) is 0 Å². The van der Waals surface area contributed by atoms with E-state index in [-0.39, 0.29) is 5.91 Å². The Balaban J connectivity index is 1.62. The monoisotopic (exact) mass is 305 g/mol. The topological polar surface area (TPSA) is 63.9 Å². The smallest absolute Gasteiger partial charge is 0.273 e. The van der Waals surface area contributed by atoms with Gasteiger partial charge in [-0.25, -0.2) is 9.67 Å². The van der Waals surface area contributed by atoms with Crippen molar-refractivity contribution in [2.24, 2.45) is 0 Å². The number of rotatable bonds is 3. The maximum atomic E-state index is 12.5. The molecular formula is C14H19N5OS. The molecule has 0 atom stereocenters. The van der Waals surface area contributed by atoms with E-state index >= 15 is 0 Å². The lowest BCUT2D eigenvalue weighted by atomic mass is 10.1. The van der Waals surface area contributed by atoms with Crippen LogP contribution in [0.3, 0.4) is 0 Å². The number of likely N-dealkylation sites (tertiary alicyclic amines) is 1. The van der Waals surface area contributed by atoms with Crippen LogP contribution < -0.4 is 0 Å². The van der Waals surface area contributed by atoms with E-state index < -0.39 is 0 Å². The van der Waals surface area contributed by atoms with Crippen LogP contribution in [0.15, 0.2) is 17.8 Å². The van der Waals surface area contributed by atoms with Crippen LogP contribution in [-0.2, 0) is 0 Å². The summed E-state index contributed by atoms with van der Waals surface area (Å²) in [4.78, 5) is 18.8. The molecule has 3 heterocycles. The summed E-state index contributed by atoms with van der Waals surface area (Å²) in [6, 6.07) is 0.346. The number of hydrogen-bond donors (Lipinski definition) is 0. The maximum Gasteiger partial charge on any atom is 0.273 e. The van der Waals surface area contributed by atoms with Gasteiger partial charge in [-0.05, 0) is 12.8 Å². The molecule has 1 fully saturated rings. The lowest BCUT2D eigenvalue weighted by Gasteiger charge is -2.31. The Morgan fingerprint density at radius 3 is 2.71 bits per heavy atom. The molecule has 6 nitrogen and oxygen atoms in total. The van der Waals surface area contributed by atoms with Gasteiger partial charge in [0.05, 0.1) is 17.2 Å². The van der Waals surface area contributed by atoms with Crippen molar-refractivity contribution in [3.8, 4) is 0 Å². The largest absolute Gasteiger partial charge is 0.337 e. The van der Waals surface area contributed by atoms with Gasteiger partial charge in [0.25, 0.3) is 5.91 Å². The summed E-state index contributed by atoms with van der Waals surface area (Å²) in [6.45, 7) is 5.68. The number of thiazole rings is 1. The van der Waals surface area contributed by atoms with Crippen molar-refractivity contribution < 1.29 is 4.79 Å². The van der Waals surface area contributed by atoms with E-state index in [0.29, 0.717) is 17.7 Å². The predicted molar refractivity (Wildman–Crippen MR) is 80.4 cm³/mol. The molecule has 2 aromatic rings. The van der Waals surface area contributed by atoms with E-state index in [1.807, 2.05) is 21.2 Å². The highest BCUT2D eigenvalue weighted by Gasteiger charge is 2.26. The van der Waals surface area contributed by atoms with Crippen LogP contribution >= 0.6 is 11.3 Å². The summed E-state index contributed by atoms with van der Waals surface area (Å²) in [5, 5.41) is 10.8. The zero-order valence-corrected chi connectivity index (χ0v) is 13.1. The highest BCUT2D eigenvalue weighted by Crippen LogP contribution is 2.24. The van der Waals surface area contributed by atoms with Gasteiger partial charge in [0, 0.05) is 30.6 Å². The lowest BCUT2D eigenvalue weighted by molar-refractivity contribution is 0.0684. The van der Waals surface area contributed by atoms with Gasteiger partial charge in [-0.15, -0.1) is 16.4 Å². The molecule has 0 spiro atoms. The fourth-order valence-electron chi connectivity index (χ4n) is 2.56. The van der Waals surface area contributed by atoms with Crippen LogP contribution in [0.25, 0.3) is 0 Å². The summed E-state index contributed by atoms with van der Waals surface area (Å²) >= 11 is 1.57. The number of carbonyl (C=O) groups excluding carboxylic acids is 1. The fourth-order valence-corrected chi connectivity index (χ4v) is 3.37. The Kier molecular flexibility index (Phi) is 4.01. The number of piperidine rings is 1. The lowest BCUT2D eigenvalue weighted by Crippen LogP contribution is -2.39. The van der Waals surface area contributed by atoms with E-state index in [4.69, 9.17) is 0 Å². The molecule has 1 amide bonds. The molecule has 1 aliphatic rings. The van der Waals surface area contributed by atoms with Crippen molar-refractivity contribution in [3.05, 3.63) is 28.5 Å². The third-order valence-electron chi connectivity index (χ3n) is 3.80. The normalized spacial score (nSPS) is 16.6. The summed E-state index contributed by atoms with van der Waals surface area (Å²) in [5.41, 5.74) is 0.586. The number of aromatic nitrogens is 4. The summed E-state index contributed by atoms with van der Waals surface area (Å²) in [6.07, 6.45) is 5.41. The minimum atomic E-state index is 0.0511. The number of nitrogens with zero attached hydrogens (tertiary/aromatic N) is 5. The van der Waals surface area contributed by atoms with Crippen LogP contribution in [0.4, 0.5) is 0 Å². The maximum absolute atomic E-state index is 12.5. The Labute approximate surface area is 127 Å². The molecule has 0 unspecified atom stereocenters. The molecular weight excluding hydrogens is 286 g/mol. The molecule has 21 heavy (non-hydrogen) atoms. The van der Waals surface area contributed by atoms with Gasteiger partial charge in [-0.1, -0.05) is 19.1 Å². The second-order valence-electron chi connectivity index (χ2n) is 5.63. The first-order chi connectivity index (χ1) is 10.1. The molecule has 0 N–H and O–H groups in total. The van der Waals surface area contributed by atoms with Crippen LogP contribution in [0.1, 0.15) is 54.1 Å². The molecule has 112 valence electrons. The second kappa shape index (κ2) is 5.93. The quantitative estimate of drug-likeness (QED) is 0.873. The van der Waals surface area contributed by atoms with Crippen molar-refractivity contribution in [2.75, 3.05) is 13.1 Å². The standard InChI is InChI=1S/C14H19N5OS/c1-10(2)13-16-12(9-21-13)14(20)18-6-3-11(4-7-18)19-8-5-15-17-19/h5,8-11H,3-4,6-7H2,1-2H3. The van der Waals surface area contributed by atoms with Gasteiger partial charge >= 0.3 is 0 Å². The van der Waals surface area contributed by atoms with Gasteiger partial charge < -0.3 is 4.90 Å². The Morgan fingerprint density at radius 1 is 1.38 bits per heavy atom. The molecule has 3 rings (SSSR count). The van der Waals surface area contributed by atoms with Gasteiger partial charge in [-0.3, -0.25) is 4.79 Å². The zero-order valence-electron chi connectivity index (χ0n) is 12.3. The summed E-state index contributed by atoms with van der Waals surface area (Å²) in [5.74, 6) is 0.421. The Hall–Kier alpha value is -1.76. The average molecular weight is 305 g/mol. The van der Waals surface area contributed by atoms with Gasteiger partial charge in [0.2, 0.25) is 0 Å². The van der Waals surface area contributed by atoms with Crippen molar-refractivity contribution >= 4 is 17.2 Å². The zero-order chi connectivity index (χ0) is 14.8. The number of carbonyl (C=O) groups is 1. The molecule has 0 bridgehead atoms. The molecule has 0 radical (unpaired) electrons. The van der Waals surface area contributed by atoms with Crippen LogP contribution in [0.5, 0.6) is 0 Å². The van der Waals surface area contributed by atoms with Gasteiger partial charge in [0.15, 0.2) is 0 Å². The number of hydrogen-bond acceptors (Lipinski definition) is 5. The average Bonchev–Trinajstić information content (AvgIpc) is 3.18. The first-order valence-corrected chi connectivity index (χ1v) is 8.13. The first-order valence-electron chi connectivity index (χ1n) is 7.25. The van der Waals surface area contributed by atoms with Gasteiger partial charge in [0.1, 0.15) is 5.69 Å². The predicted octanol–water partition coefficient (Wildman–Crippen LogP) is 2.34. The van der Waals surface area contributed by atoms with Crippen molar-refractivity contribution in [1.29, 1.82) is 0 Å². The second-order valence-corrected chi connectivity index (χ2v) is 6.52. The third-order valence-corrected chi connectivity index (χ3v) is 4.95. The minimum Gasteiger partial charge on any atom is -0.337 e. The van der Waals surface area contributed by atoms with Crippen LogP contribution in [-0.4, -0.2) is 43.9 Å². The molecule has 1 saturated heterocycles. The van der Waals surface area contributed by atoms with Crippen LogP contribution in [0.2, 0.25) is 0 Å². The van der Waals surface area contributed by atoms with E-state index in [2.05, 4.69) is 29.1 Å². The van der Waals surface area contributed by atoms with Crippen molar-refractivity contribution in [1.82, 2.24) is 24.9 Å². The molecule has 2 aromatic heterocycles. The van der Waals surface area contributed by atoms with Gasteiger partial charge in [-0.2, -0.15) is 0 Å². The Morgan fingerprint density at radius 2 is 2.14 bits per heavy atom.